The first-order valence-electron chi connectivity index (χ1n) is 34.1. The van der Waals surface area contributed by atoms with Crippen LogP contribution in [0.2, 0.25) is 0 Å². The number of unbranched alkanes of at least 4 members (excludes halogenated alkanes) is 2. The number of cyclic esters (lactones) is 4. The van der Waals surface area contributed by atoms with E-state index in [1.165, 1.54) is 15.9 Å². The van der Waals surface area contributed by atoms with E-state index in [0.717, 1.165) is 6.42 Å². The maximum Gasteiger partial charge on any atom is 2.00 e. The number of carbonyl (C=O) groups excluding carboxylic acids is 5. The van der Waals surface area contributed by atoms with E-state index in [1.54, 1.807) is 90.4 Å². The molecule has 3 fully saturated rings. The van der Waals surface area contributed by atoms with Gasteiger partial charge in [-0.05, 0) is 137 Å². The molecule has 5 aliphatic rings. The van der Waals surface area contributed by atoms with Gasteiger partial charge in [-0.1, -0.05) is 58.7 Å². The molecule has 0 aliphatic carbocycles. The number of azide groups is 2. The van der Waals surface area contributed by atoms with Crippen molar-refractivity contribution in [1.82, 2.24) is 14.7 Å². The molecule has 0 saturated carbocycles. The number of carbonyl (C=O) groups is 5. The van der Waals surface area contributed by atoms with Crippen LogP contribution in [0.5, 0.6) is 0 Å². The molecular formula is C71H125CuMgN11O21. The van der Waals surface area contributed by atoms with E-state index in [0.29, 0.717) is 80.6 Å². The number of aldehydes is 1. The van der Waals surface area contributed by atoms with Gasteiger partial charge in [0.15, 0.2) is 17.5 Å². The fourth-order valence-electron chi connectivity index (χ4n) is 13.5. The van der Waals surface area contributed by atoms with Gasteiger partial charge in [-0.2, -0.15) is 0 Å². The van der Waals surface area contributed by atoms with Crippen molar-refractivity contribution in [1.29, 1.82) is 0 Å². The van der Waals surface area contributed by atoms with Crippen LogP contribution in [0.1, 0.15) is 189 Å². The van der Waals surface area contributed by atoms with E-state index < -0.39 is 106 Å². The minimum Gasteiger partial charge on any atom is -0.457 e. The molecule has 5 rings (SSSR count). The normalized spacial score (nSPS) is 26.1. The van der Waals surface area contributed by atoms with Gasteiger partial charge < -0.3 is 97.0 Å². The molecule has 17 atom stereocenters. The number of methoxy groups -OCH3 is 2. The van der Waals surface area contributed by atoms with E-state index in [4.69, 9.17) is 58.4 Å². The van der Waals surface area contributed by atoms with Gasteiger partial charge in [0.1, 0.15) is 29.9 Å². The van der Waals surface area contributed by atoms with E-state index in [1.807, 2.05) is 55.6 Å². The summed E-state index contributed by atoms with van der Waals surface area (Å²) in [6.45, 7) is 32.9. The van der Waals surface area contributed by atoms with Crippen LogP contribution < -0.4 is 0 Å². The summed E-state index contributed by atoms with van der Waals surface area (Å²) in [6, 6.07) is -1.47. The van der Waals surface area contributed by atoms with Crippen molar-refractivity contribution in [3.8, 4) is 0 Å². The Morgan fingerprint density at radius 2 is 1.20 bits per heavy atom. The number of nitrogens with zero attached hydrogens (tertiary/aromatic N) is 11. The predicted molar refractivity (Wildman–Crippen MR) is 394 cm³/mol. The number of aliphatic hydroxyl groups excluding tert-OH is 2. The molecule has 2 N–H and O–H groups in total. The smallest absolute Gasteiger partial charge is 0.457 e. The van der Waals surface area contributed by atoms with Crippen molar-refractivity contribution < 1.29 is 108 Å². The van der Waals surface area contributed by atoms with Crippen LogP contribution >= 0.6 is 0 Å². The third-order valence-corrected chi connectivity index (χ3v) is 19.9. The molecule has 3 unspecified atom stereocenters. The summed E-state index contributed by atoms with van der Waals surface area (Å²) < 4.78 is 58.5. The van der Waals surface area contributed by atoms with Crippen LogP contribution in [-0.4, -0.2) is 232 Å². The van der Waals surface area contributed by atoms with Gasteiger partial charge in [-0.25, -0.2) is 19.2 Å². The molecule has 3 saturated heterocycles. The Bertz CT molecular complexity index is 3010. The maximum atomic E-state index is 13.0. The molecule has 0 aromatic carbocycles. The average molecular weight is 1560 g/mol. The van der Waals surface area contributed by atoms with Crippen molar-refractivity contribution in [2.75, 3.05) is 61.0 Å². The Balaban J connectivity index is -0.000000751. The molecule has 0 bridgehead atoms. The molecule has 32 nitrogen and oxygen atoms in total. The number of rotatable bonds is 35. The van der Waals surface area contributed by atoms with Crippen LogP contribution in [0.3, 0.4) is 0 Å². The molecule has 5 heterocycles. The fraction of sp³-hybridized carbons (Fsp3) is 0.789. The average Bonchev–Trinajstić information content (AvgIpc) is 1.66. The molecular weight excluding hydrogens is 1430 g/mol. The Kier molecular flexibility index (Phi) is 46.4. The summed E-state index contributed by atoms with van der Waals surface area (Å²) in [7, 11) is 7.21. The summed E-state index contributed by atoms with van der Waals surface area (Å²) in [5.41, 5.74) is 12.8. The van der Waals surface area contributed by atoms with E-state index in [9.17, 15) is 54.4 Å². The Morgan fingerprint density at radius 3 is 1.63 bits per heavy atom. The zero-order valence-electron chi connectivity index (χ0n) is 67.3. The third kappa shape index (κ3) is 28.1. The van der Waals surface area contributed by atoms with Gasteiger partial charge in [0.25, 0.3) is 0 Å². The minimum absolute atomic E-state index is 0. The number of aliphatic hydroxyl groups is 2. The Hall–Kier alpha value is -5.60. The van der Waals surface area contributed by atoms with E-state index >= 15 is 0 Å². The number of nitro groups is 2. The molecule has 34 heteroatoms. The van der Waals surface area contributed by atoms with Crippen LogP contribution in [0.4, 0.5) is 9.59 Å². The topological polar surface area (TPSA) is 412 Å². The molecule has 0 aromatic rings. The summed E-state index contributed by atoms with van der Waals surface area (Å²) in [4.78, 5) is 94.3. The molecule has 5 aliphatic heterocycles. The SMILES string of the molecule is CC[C@@H](O)[C@@]1(C)OC(=O)N(CCCCN=[N+]=[N-])[C@@H]1/C=C(\[C@H](C)C[C@@](C)(OC)[C@H](C)[C@@H](C)C1=C(C)C(=O)OC(C)(C)O1)[N+](=O)[O-].CC[C@@H](O)[C@@]1(C)OC(=O)N(CCCCN=[N+]=[N-])[C@@H]1C=O.CO[C@](C)(C[C@@H](C)C[N+](=O)[O-])[C@@H](CC1=C(C)C(=O)OC(C)(C)O1)O[C@@H]1OC(C)CC(N(C)C)C1C.[CH3-].[CH3-].[CH3-].[CH3-].[Cu+2].[Mg+2]. The van der Waals surface area contributed by atoms with Gasteiger partial charge >= 0.3 is 64.2 Å². The summed E-state index contributed by atoms with van der Waals surface area (Å²) in [5.74, 6) is -3.62. The second kappa shape index (κ2) is 46.0. The van der Waals surface area contributed by atoms with Crippen molar-refractivity contribution in [2.45, 2.75) is 272 Å². The molecule has 0 spiro atoms. The zero-order valence-corrected chi connectivity index (χ0v) is 69.7. The number of amides is 2. The molecule has 603 valence electrons. The molecule has 1 radical (unpaired) electrons. The van der Waals surface area contributed by atoms with Crippen LogP contribution in [-0.2, 0) is 78.8 Å². The predicted octanol–water partition coefficient (Wildman–Crippen LogP) is 12.7. The summed E-state index contributed by atoms with van der Waals surface area (Å²) in [5, 5.41) is 51.5. The number of esters is 2. The standard InChI is InChI=1S/C30H49N5O9.C25H44N2O8.C12H20N4O4.4CH3.Cu.Mg/c1-11-24(36)30(9)23(34(27(38)44-30)15-13-12-14-32-33-31)16-22(35(39)40)18(2)17-29(8,41-10)21(5)19(3)25-20(4)26(37)43-28(6,7)42-25;1-15(14-27(29)30)13-25(7,31-10)21(12-20-18(4)22(28)35-24(5,6)34-20)33-23-17(3)19(26(8)9)11-16(2)32-23;1-3-10(18)12(2)9(8-17)16(11(19)20-12)7-5-4-6-14-15-13;;;;;;/h16,18-19,21,23-24,36H,11-15,17H2,1-10H3;15-17,19,21,23H,11-14H2,1-10H3;8-10,18H,3-7H2,1-2H3;4*1H3;;/q;;;4*-1;2*+2/b22-16+;;;;;;;;/t18-,19-,21-,23-,24-,29-,30+;15-,16?,17?,19?,21-,23+,25-;9-,10-,12+;;;;;;/m111....../s1. The van der Waals surface area contributed by atoms with Crippen LogP contribution in [0.25, 0.3) is 20.9 Å². The van der Waals surface area contributed by atoms with Crippen LogP contribution in [0, 0.1) is 79.5 Å². The first-order chi connectivity index (χ1) is 46.0. The first kappa shape index (κ1) is 106. The van der Waals surface area contributed by atoms with Gasteiger partial charge in [-0.15, -0.1) is 0 Å². The zero-order chi connectivity index (χ0) is 75.5. The van der Waals surface area contributed by atoms with Gasteiger partial charge in [-0.3, -0.25) is 30.0 Å². The van der Waals surface area contributed by atoms with Crippen molar-refractivity contribution >= 4 is 53.5 Å². The van der Waals surface area contributed by atoms with Gasteiger partial charge in [0.05, 0.1) is 51.7 Å². The monoisotopic (exact) mass is 1550 g/mol. The van der Waals surface area contributed by atoms with Gasteiger partial charge in [0, 0.05) is 125 Å². The van der Waals surface area contributed by atoms with Crippen molar-refractivity contribution in [2.24, 2.45) is 39.8 Å². The summed E-state index contributed by atoms with van der Waals surface area (Å²) >= 11 is 0. The minimum atomic E-state index is -1.42. The molecule has 0 aromatic heterocycles. The maximum absolute atomic E-state index is 13.0. The number of hydrogen-bond acceptors (Lipinski definition) is 24. The van der Waals surface area contributed by atoms with Crippen LogP contribution in [0.15, 0.2) is 44.7 Å². The second-order valence-corrected chi connectivity index (χ2v) is 28.7. The first-order valence-corrected chi connectivity index (χ1v) is 34.1. The van der Waals surface area contributed by atoms with E-state index in [-0.39, 0.29) is 155 Å². The number of allylic oxidation sites excluding steroid dienone is 2. The molecule has 105 heavy (non-hydrogen) atoms. The number of hydrogen-bond donors (Lipinski definition) is 2. The summed E-state index contributed by atoms with van der Waals surface area (Å²) in [6.07, 6.45) is 2.23. The molecule has 2 amide bonds. The Labute approximate surface area is 650 Å². The quantitative estimate of drug-likeness (QED) is 0.00508. The Morgan fingerprint density at radius 1 is 0.743 bits per heavy atom. The largest absolute Gasteiger partial charge is 2.00 e. The third-order valence-electron chi connectivity index (χ3n) is 19.9. The van der Waals surface area contributed by atoms with Crippen molar-refractivity contribution in [3.05, 3.63) is 105 Å². The fourth-order valence-corrected chi connectivity index (χ4v) is 13.5. The van der Waals surface area contributed by atoms with Crippen molar-refractivity contribution in [3.63, 3.8) is 0 Å². The van der Waals surface area contributed by atoms with Gasteiger partial charge in [0.2, 0.25) is 23.8 Å². The number of ether oxygens (including phenoxy) is 10. The second-order valence-electron chi connectivity index (χ2n) is 28.7. The van der Waals surface area contributed by atoms with E-state index in [2.05, 4.69) is 31.9 Å².